The number of hydrogen-bond acceptors (Lipinski definition) is 2. The molecule has 1 heterocycles. The Hall–Kier alpha value is -2.26. The van der Waals surface area contributed by atoms with Crippen molar-refractivity contribution in [1.82, 2.24) is 4.98 Å². The summed E-state index contributed by atoms with van der Waals surface area (Å²) in [6, 6.07) is 16.2. The first-order chi connectivity index (χ1) is 9.36. The van der Waals surface area contributed by atoms with Crippen LogP contribution in [0.25, 0.3) is 10.9 Å². The van der Waals surface area contributed by atoms with Gasteiger partial charge in [-0.25, -0.2) is 0 Å². The smallest absolute Gasteiger partial charge is 0.120 e. The van der Waals surface area contributed by atoms with Crippen molar-refractivity contribution in [3.05, 3.63) is 65.9 Å². The highest BCUT2D eigenvalue weighted by atomic mass is 16.5. The number of hydrogen-bond donors (Lipinski definition) is 2. The summed E-state index contributed by atoms with van der Waals surface area (Å²) in [4.78, 5) is 3.20. The fraction of sp³-hybridized carbons (Fsp3) is 0.125. The fourth-order valence-corrected chi connectivity index (χ4v) is 2.16. The van der Waals surface area contributed by atoms with Gasteiger partial charge in [0.1, 0.15) is 12.4 Å². The van der Waals surface area contributed by atoms with Crippen molar-refractivity contribution in [1.29, 1.82) is 0 Å². The number of fused-ring (bicyclic) bond motifs is 1. The van der Waals surface area contributed by atoms with Gasteiger partial charge in [-0.3, -0.25) is 0 Å². The quantitative estimate of drug-likeness (QED) is 0.749. The van der Waals surface area contributed by atoms with Gasteiger partial charge in [-0.1, -0.05) is 30.3 Å². The standard InChI is InChI=1S/C16H16N2O/c17-9-13-10-18-16-7-6-14(8-15(13)16)19-11-12-4-2-1-3-5-12/h1-8,10,18H,9,11,17H2. The molecular formula is C16H16N2O. The van der Waals surface area contributed by atoms with Gasteiger partial charge >= 0.3 is 0 Å². The molecule has 0 unspecified atom stereocenters. The first-order valence-electron chi connectivity index (χ1n) is 6.33. The van der Waals surface area contributed by atoms with E-state index in [1.54, 1.807) is 0 Å². The second-order valence-corrected chi connectivity index (χ2v) is 4.50. The number of benzene rings is 2. The minimum absolute atomic E-state index is 0.530. The van der Waals surface area contributed by atoms with Gasteiger partial charge < -0.3 is 15.5 Å². The molecule has 3 nitrogen and oxygen atoms in total. The summed E-state index contributed by atoms with van der Waals surface area (Å²) in [6.45, 7) is 1.11. The van der Waals surface area contributed by atoms with Crippen LogP contribution in [0.5, 0.6) is 5.75 Å². The number of aromatic amines is 1. The molecule has 3 aromatic rings. The maximum absolute atomic E-state index is 5.81. The van der Waals surface area contributed by atoms with E-state index >= 15 is 0 Å². The normalized spacial score (nSPS) is 10.8. The molecule has 2 aromatic carbocycles. The maximum Gasteiger partial charge on any atom is 0.120 e. The van der Waals surface area contributed by atoms with E-state index in [9.17, 15) is 0 Å². The number of nitrogens with two attached hydrogens (primary N) is 1. The lowest BCUT2D eigenvalue weighted by Crippen LogP contribution is -1.96. The number of rotatable bonds is 4. The average Bonchev–Trinajstić information content (AvgIpc) is 2.88. The van der Waals surface area contributed by atoms with Crippen LogP contribution in [0.2, 0.25) is 0 Å². The average molecular weight is 252 g/mol. The molecule has 1 aromatic heterocycles. The van der Waals surface area contributed by atoms with Crippen molar-refractivity contribution < 1.29 is 4.74 Å². The number of H-pyrrole nitrogens is 1. The van der Waals surface area contributed by atoms with Gasteiger partial charge in [-0.15, -0.1) is 0 Å². The molecule has 0 fully saturated rings. The molecule has 0 aliphatic heterocycles. The predicted octanol–water partition coefficient (Wildman–Crippen LogP) is 3.21. The number of ether oxygens (including phenoxy) is 1. The van der Waals surface area contributed by atoms with Crippen LogP contribution in [0, 0.1) is 0 Å². The van der Waals surface area contributed by atoms with Gasteiger partial charge in [0, 0.05) is 23.6 Å². The zero-order valence-electron chi connectivity index (χ0n) is 10.6. The highest BCUT2D eigenvalue weighted by Gasteiger charge is 2.04. The van der Waals surface area contributed by atoms with Crippen molar-refractivity contribution in [3.63, 3.8) is 0 Å². The van der Waals surface area contributed by atoms with Crippen LogP contribution in [-0.4, -0.2) is 4.98 Å². The lowest BCUT2D eigenvalue weighted by atomic mass is 10.1. The van der Waals surface area contributed by atoms with Gasteiger partial charge in [0.25, 0.3) is 0 Å². The fourth-order valence-electron chi connectivity index (χ4n) is 2.16. The Morgan fingerprint density at radius 3 is 2.68 bits per heavy atom. The molecule has 96 valence electrons. The molecule has 3 N–H and O–H groups in total. The summed E-state index contributed by atoms with van der Waals surface area (Å²) in [5.74, 6) is 0.866. The third kappa shape index (κ3) is 2.46. The monoisotopic (exact) mass is 252 g/mol. The van der Waals surface area contributed by atoms with E-state index in [2.05, 4.69) is 17.1 Å². The van der Waals surface area contributed by atoms with E-state index in [1.165, 1.54) is 0 Å². The molecule has 0 bridgehead atoms. The van der Waals surface area contributed by atoms with E-state index in [0.29, 0.717) is 13.2 Å². The Balaban J connectivity index is 1.81. The Morgan fingerprint density at radius 2 is 1.89 bits per heavy atom. The van der Waals surface area contributed by atoms with Crippen LogP contribution in [0.3, 0.4) is 0 Å². The maximum atomic E-state index is 5.81. The molecule has 0 atom stereocenters. The van der Waals surface area contributed by atoms with Crippen molar-refractivity contribution in [2.75, 3.05) is 0 Å². The molecule has 0 saturated carbocycles. The Kier molecular flexibility index (Phi) is 3.21. The summed E-state index contributed by atoms with van der Waals surface area (Å²) in [6.07, 6.45) is 1.95. The minimum Gasteiger partial charge on any atom is -0.489 e. The Morgan fingerprint density at radius 1 is 1.05 bits per heavy atom. The van der Waals surface area contributed by atoms with E-state index < -0.39 is 0 Å². The van der Waals surface area contributed by atoms with Gasteiger partial charge in [0.05, 0.1) is 0 Å². The number of aromatic nitrogens is 1. The van der Waals surface area contributed by atoms with E-state index in [0.717, 1.165) is 27.8 Å². The summed E-state index contributed by atoms with van der Waals surface area (Å²) in [5.41, 5.74) is 9.08. The SMILES string of the molecule is NCc1c[nH]c2ccc(OCc3ccccc3)cc12. The minimum atomic E-state index is 0.530. The Labute approximate surface area is 112 Å². The summed E-state index contributed by atoms with van der Waals surface area (Å²) in [5, 5.41) is 1.13. The Bertz CT molecular complexity index is 674. The summed E-state index contributed by atoms with van der Waals surface area (Å²) in [7, 11) is 0. The van der Waals surface area contributed by atoms with E-state index in [4.69, 9.17) is 10.5 Å². The topological polar surface area (TPSA) is 51.0 Å². The van der Waals surface area contributed by atoms with Crippen LogP contribution in [0.1, 0.15) is 11.1 Å². The molecular weight excluding hydrogens is 236 g/mol. The summed E-state index contributed by atoms with van der Waals surface area (Å²) < 4.78 is 5.81. The first kappa shape index (κ1) is 11.8. The third-order valence-corrected chi connectivity index (χ3v) is 3.21. The largest absolute Gasteiger partial charge is 0.489 e. The van der Waals surface area contributed by atoms with Crippen molar-refractivity contribution in [2.24, 2.45) is 5.73 Å². The molecule has 0 amide bonds. The van der Waals surface area contributed by atoms with Crippen LogP contribution in [-0.2, 0) is 13.2 Å². The zero-order chi connectivity index (χ0) is 13.1. The lowest BCUT2D eigenvalue weighted by Gasteiger charge is -2.06. The molecule has 0 radical (unpaired) electrons. The van der Waals surface area contributed by atoms with Crippen LogP contribution < -0.4 is 10.5 Å². The van der Waals surface area contributed by atoms with Crippen molar-refractivity contribution in [2.45, 2.75) is 13.2 Å². The van der Waals surface area contributed by atoms with Crippen molar-refractivity contribution in [3.8, 4) is 5.75 Å². The highest BCUT2D eigenvalue weighted by molar-refractivity contribution is 5.84. The van der Waals surface area contributed by atoms with Crippen molar-refractivity contribution >= 4 is 10.9 Å². The zero-order valence-corrected chi connectivity index (χ0v) is 10.6. The molecule has 19 heavy (non-hydrogen) atoms. The lowest BCUT2D eigenvalue weighted by molar-refractivity contribution is 0.306. The van der Waals surface area contributed by atoms with E-state index in [-0.39, 0.29) is 0 Å². The van der Waals surface area contributed by atoms with Crippen LogP contribution in [0.15, 0.2) is 54.7 Å². The van der Waals surface area contributed by atoms with Gasteiger partial charge in [0.2, 0.25) is 0 Å². The molecule has 3 heteroatoms. The van der Waals surface area contributed by atoms with E-state index in [1.807, 2.05) is 42.6 Å². The molecule has 0 spiro atoms. The van der Waals surface area contributed by atoms with Gasteiger partial charge in [0.15, 0.2) is 0 Å². The van der Waals surface area contributed by atoms with Crippen LogP contribution in [0.4, 0.5) is 0 Å². The van der Waals surface area contributed by atoms with Gasteiger partial charge in [-0.2, -0.15) is 0 Å². The highest BCUT2D eigenvalue weighted by Crippen LogP contribution is 2.24. The summed E-state index contributed by atoms with van der Waals surface area (Å²) >= 11 is 0. The first-order valence-corrected chi connectivity index (χ1v) is 6.33. The molecule has 0 saturated heterocycles. The van der Waals surface area contributed by atoms with Gasteiger partial charge in [-0.05, 0) is 29.3 Å². The molecule has 0 aliphatic rings. The predicted molar refractivity (Wildman–Crippen MR) is 77.0 cm³/mol. The third-order valence-electron chi connectivity index (χ3n) is 3.21. The molecule has 3 rings (SSSR count). The molecule has 0 aliphatic carbocycles. The number of nitrogens with one attached hydrogen (secondary N) is 1. The second-order valence-electron chi connectivity index (χ2n) is 4.50. The second kappa shape index (κ2) is 5.16. The van der Waals surface area contributed by atoms with Crippen LogP contribution >= 0.6 is 0 Å².